The number of hydrogen-bond acceptors (Lipinski definition) is 2. The summed E-state index contributed by atoms with van der Waals surface area (Å²) in [5, 5.41) is 0. The van der Waals surface area contributed by atoms with Crippen molar-refractivity contribution in [2.75, 3.05) is 5.73 Å². The maximum Gasteiger partial charge on any atom is 0.191 e. The minimum absolute atomic E-state index is 0.0276. The molecule has 0 aliphatic heterocycles. The van der Waals surface area contributed by atoms with Crippen molar-refractivity contribution >= 4 is 21.6 Å². The second-order valence-corrected chi connectivity index (χ2v) is 4.65. The van der Waals surface area contributed by atoms with Crippen molar-refractivity contribution in [3.05, 3.63) is 58.1 Å². The fraction of sp³-hybridized carbons (Fsp3) is 0.0769. The SMILES string of the molecule is Nc1cc(F)c(OCc2cccc(Br)c2)c(F)c1. The highest BCUT2D eigenvalue weighted by molar-refractivity contribution is 9.10. The molecule has 0 aromatic heterocycles. The van der Waals surface area contributed by atoms with Crippen molar-refractivity contribution in [1.29, 1.82) is 0 Å². The first kappa shape index (κ1) is 12.8. The number of benzene rings is 2. The molecule has 5 heteroatoms. The van der Waals surface area contributed by atoms with E-state index in [1.807, 2.05) is 18.2 Å². The van der Waals surface area contributed by atoms with Gasteiger partial charge in [0.05, 0.1) is 0 Å². The summed E-state index contributed by atoms with van der Waals surface area (Å²) in [5.41, 5.74) is 6.15. The van der Waals surface area contributed by atoms with Crippen LogP contribution in [-0.2, 0) is 6.61 Å². The number of nitrogens with two attached hydrogens (primary N) is 1. The van der Waals surface area contributed by atoms with E-state index in [0.29, 0.717) is 0 Å². The van der Waals surface area contributed by atoms with Crippen molar-refractivity contribution in [1.82, 2.24) is 0 Å². The molecule has 0 fully saturated rings. The molecule has 0 bridgehead atoms. The standard InChI is InChI=1S/C13H10BrF2NO/c14-9-3-1-2-8(4-9)7-18-13-11(15)5-10(17)6-12(13)16/h1-6H,7,17H2. The van der Waals surface area contributed by atoms with Gasteiger partial charge >= 0.3 is 0 Å². The first-order valence-electron chi connectivity index (χ1n) is 5.18. The lowest BCUT2D eigenvalue weighted by molar-refractivity contribution is 0.274. The Labute approximate surface area is 112 Å². The minimum Gasteiger partial charge on any atom is -0.483 e. The van der Waals surface area contributed by atoms with E-state index in [4.69, 9.17) is 10.5 Å². The van der Waals surface area contributed by atoms with Crippen LogP contribution in [0.5, 0.6) is 5.75 Å². The summed E-state index contributed by atoms with van der Waals surface area (Å²) in [6, 6.07) is 9.34. The molecule has 18 heavy (non-hydrogen) atoms. The fourth-order valence-corrected chi connectivity index (χ4v) is 1.95. The number of ether oxygens (including phenoxy) is 1. The summed E-state index contributed by atoms with van der Waals surface area (Å²) < 4.78 is 32.9. The van der Waals surface area contributed by atoms with Crippen molar-refractivity contribution in [2.24, 2.45) is 0 Å². The van der Waals surface area contributed by atoms with Crippen LogP contribution in [0.2, 0.25) is 0 Å². The predicted octanol–water partition coefficient (Wildman–Crippen LogP) is 3.89. The molecule has 0 radical (unpaired) electrons. The van der Waals surface area contributed by atoms with Crippen LogP contribution in [0, 0.1) is 11.6 Å². The van der Waals surface area contributed by atoms with E-state index in [-0.39, 0.29) is 12.3 Å². The fourth-order valence-electron chi connectivity index (χ4n) is 1.50. The van der Waals surface area contributed by atoms with Crippen LogP contribution >= 0.6 is 15.9 Å². The van der Waals surface area contributed by atoms with E-state index in [1.165, 1.54) is 0 Å². The van der Waals surface area contributed by atoms with Gasteiger partial charge in [0.25, 0.3) is 0 Å². The van der Waals surface area contributed by atoms with E-state index < -0.39 is 17.4 Å². The van der Waals surface area contributed by atoms with Gasteiger partial charge < -0.3 is 10.5 Å². The Hall–Kier alpha value is -1.62. The molecule has 2 nitrogen and oxygen atoms in total. The monoisotopic (exact) mass is 313 g/mol. The van der Waals surface area contributed by atoms with Crippen LogP contribution in [0.4, 0.5) is 14.5 Å². The molecule has 2 rings (SSSR count). The van der Waals surface area contributed by atoms with Gasteiger partial charge in [-0.25, -0.2) is 8.78 Å². The lowest BCUT2D eigenvalue weighted by atomic mass is 10.2. The molecule has 2 N–H and O–H groups in total. The highest BCUT2D eigenvalue weighted by Gasteiger charge is 2.11. The van der Waals surface area contributed by atoms with Gasteiger partial charge in [-0.3, -0.25) is 0 Å². The highest BCUT2D eigenvalue weighted by Crippen LogP contribution is 2.25. The van der Waals surface area contributed by atoms with E-state index in [2.05, 4.69) is 15.9 Å². The Balaban J connectivity index is 2.16. The lowest BCUT2D eigenvalue weighted by Crippen LogP contribution is -2.01. The van der Waals surface area contributed by atoms with E-state index in [9.17, 15) is 8.78 Å². The smallest absolute Gasteiger partial charge is 0.191 e. The van der Waals surface area contributed by atoms with Crippen molar-refractivity contribution in [3.8, 4) is 5.75 Å². The number of hydrogen-bond donors (Lipinski definition) is 1. The molecule has 0 unspecified atom stereocenters. The van der Waals surface area contributed by atoms with Gasteiger partial charge in [-0.1, -0.05) is 28.1 Å². The maximum absolute atomic E-state index is 13.4. The Morgan fingerprint density at radius 1 is 1.11 bits per heavy atom. The zero-order valence-corrected chi connectivity index (χ0v) is 10.9. The number of rotatable bonds is 3. The lowest BCUT2D eigenvalue weighted by Gasteiger charge is -2.09. The Morgan fingerprint density at radius 3 is 2.39 bits per heavy atom. The zero-order valence-electron chi connectivity index (χ0n) is 9.29. The molecule has 0 saturated heterocycles. The topological polar surface area (TPSA) is 35.2 Å². The van der Waals surface area contributed by atoms with E-state index >= 15 is 0 Å². The molecule has 94 valence electrons. The largest absolute Gasteiger partial charge is 0.483 e. The summed E-state index contributed by atoms with van der Waals surface area (Å²) in [4.78, 5) is 0. The van der Waals surface area contributed by atoms with Gasteiger partial charge in [-0.05, 0) is 17.7 Å². The van der Waals surface area contributed by atoms with Crippen LogP contribution in [0.3, 0.4) is 0 Å². The first-order chi connectivity index (χ1) is 8.56. The van der Waals surface area contributed by atoms with Crippen molar-refractivity contribution < 1.29 is 13.5 Å². The molecule has 0 aliphatic rings. The summed E-state index contributed by atoms with van der Waals surface area (Å²) in [6.07, 6.45) is 0. The summed E-state index contributed by atoms with van der Waals surface area (Å²) in [6.45, 7) is 0.0806. The molecule has 2 aromatic carbocycles. The van der Waals surface area contributed by atoms with Gasteiger partial charge in [-0.15, -0.1) is 0 Å². The van der Waals surface area contributed by atoms with Crippen molar-refractivity contribution in [2.45, 2.75) is 6.61 Å². The summed E-state index contributed by atoms with van der Waals surface area (Å²) >= 11 is 3.31. The predicted molar refractivity (Wildman–Crippen MR) is 69.2 cm³/mol. The molecule has 2 aromatic rings. The van der Waals surface area contributed by atoms with Gasteiger partial charge in [0.15, 0.2) is 17.4 Å². The van der Waals surface area contributed by atoms with Crippen molar-refractivity contribution in [3.63, 3.8) is 0 Å². The molecular weight excluding hydrogens is 304 g/mol. The van der Waals surface area contributed by atoms with Gasteiger partial charge in [0, 0.05) is 22.3 Å². The Bertz CT molecular complexity index is 552. The third-order valence-corrected chi connectivity index (χ3v) is 2.79. The van der Waals surface area contributed by atoms with Crippen LogP contribution in [0.25, 0.3) is 0 Å². The normalized spacial score (nSPS) is 10.4. The minimum atomic E-state index is -0.803. The van der Waals surface area contributed by atoms with Crippen LogP contribution < -0.4 is 10.5 Å². The van der Waals surface area contributed by atoms with Crippen LogP contribution in [0.1, 0.15) is 5.56 Å². The molecule has 0 aliphatic carbocycles. The highest BCUT2D eigenvalue weighted by atomic mass is 79.9. The van der Waals surface area contributed by atoms with Gasteiger partial charge in [0.2, 0.25) is 0 Å². The Morgan fingerprint density at radius 2 is 1.78 bits per heavy atom. The van der Waals surface area contributed by atoms with E-state index in [0.717, 1.165) is 22.2 Å². The second-order valence-electron chi connectivity index (χ2n) is 3.73. The summed E-state index contributed by atoms with van der Waals surface area (Å²) in [5.74, 6) is -2.02. The second kappa shape index (κ2) is 5.35. The quantitative estimate of drug-likeness (QED) is 0.873. The van der Waals surface area contributed by atoms with E-state index in [1.54, 1.807) is 6.07 Å². The average Bonchev–Trinajstić information content (AvgIpc) is 2.27. The molecule has 0 spiro atoms. The third-order valence-electron chi connectivity index (χ3n) is 2.29. The molecule has 0 amide bonds. The number of nitrogen functional groups attached to an aromatic ring is 1. The average molecular weight is 314 g/mol. The molecule has 0 atom stereocenters. The third kappa shape index (κ3) is 2.98. The number of halogens is 3. The first-order valence-corrected chi connectivity index (χ1v) is 5.97. The maximum atomic E-state index is 13.4. The summed E-state index contributed by atoms with van der Waals surface area (Å²) in [7, 11) is 0. The zero-order chi connectivity index (χ0) is 13.1. The molecular formula is C13H10BrF2NO. The van der Waals surface area contributed by atoms with Crippen LogP contribution in [-0.4, -0.2) is 0 Å². The van der Waals surface area contributed by atoms with Gasteiger partial charge in [0.1, 0.15) is 6.61 Å². The Kier molecular flexibility index (Phi) is 3.81. The molecule has 0 saturated carbocycles. The van der Waals surface area contributed by atoms with Crippen LogP contribution in [0.15, 0.2) is 40.9 Å². The number of anilines is 1. The van der Waals surface area contributed by atoms with Gasteiger partial charge in [-0.2, -0.15) is 0 Å². The molecule has 0 heterocycles.